The quantitative estimate of drug-likeness (QED) is 0.781. The van der Waals surface area contributed by atoms with Crippen LogP contribution >= 0.6 is 0 Å². The predicted octanol–water partition coefficient (Wildman–Crippen LogP) is 2.03. The van der Waals surface area contributed by atoms with Crippen LogP contribution in [0.15, 0.2) is 24.3 Å². The van der Waals surface area contributed by atoms with Crippen molar-refractivity contribution in [1.82, 2.24) is 0 Å². The van der Waals surface area contributed by atoms with Crippen molar-refractivity contribution in [1.29, 1.82) is 0 Å². The van der Waals surface area contributed by atoms with E-state index in [0.29, 0.717) is 13.2 Å². The number of benzene rings is 1. The lowest BCUT2D eigenvalue weighted by molar-refractivity contribution is 0.0797. The van der Waals surface area contributed by atoms with Gasteiger partial charge in [-0.2, -0.15) is 0 Å². The lowest BCUT2D eigenvalue weighted by atomic mass is 10.0. The molecule has 1 aromatic rings. The molecule has 0 heterocycles. The van der Waals surface area contributed by atoms with Crippen LogP contribution in [0.25, 0.3) is 0 Å². The molecule has 0 aliphatic carbocycles. The highest BCUT2D eigenvalue weighted by Gasteiger charge is 2.23. The Bertz CT molecular complexity index is 315. The van der Waals surface area contributed by atoms with E-state index in [2.05, 4.69) is 5.32 Å². The Hall–Kier alpha value is -1.13. The van der Waals surface area contributed by atoms with Crippen molar-refractivity contribution in [3.63, 3.8) is 0 Å². The van der Waals surface area contributed by atoms with E-state index in [9.17, 15) is 9.50 Å². The summed E-state index contributed by atoms with van der Waals surface area (Å²) in [6.07, 6.45) is 0. The van der Waals surface area contributed by atoms with Crippen LogP contribution in [-0.2, 0) is 4.74 Å². The lowest BCUT2D eigenvalue weighted by Gasteiger charge is -2.29. The highest BCUT2D eigenvalue weighted by Crippen LogP contribution is 2.16. The van der Waals surface area contributed by atoms with E-state index in [1.165, 1.54) is 12.1 Å². The van der Waals surface area contributed by atoms with Gasteiger partial charge in [0.15, 0.2) is 0 Å². The molecule has 16 heavy (non-hydrogen) atoms. The maximum atomic E-state index is 12.7. The van der Waals surface area contributed by atoms with Gasteiger partial charge in [0, 0.05) is 12.3 Å². The molecule has 0 amide bonds. The first-order valence-corrected chi connectivity index (χ1v) is 5.32. The molecule has 0 spiro atoms. The van der Waals surface area contributed by atoms with Gasteiger partial charge in [0.25, 0.3) is 0 Å². The van der Waals surface area contributed by atoms with Crippen molar-refractivity contribution >= 4 is 5.69 Å². The normalized spacial score (nSPS) is 14.5. The standard InChI is InChI=1S/C12H18FNO2/c1-3-16-9-12(2,8-15)14-11-6-4-10(13)5-7-11/h4-7,14-15H,3,8-9H2,1-2H3. The van der Waals surface area contributed by atoms with E-state index >= 15 is 0 Å². The van der Waals surface area contributed by atoms with Crippen LogP contribution < -0.4 is 5.32 Å². The summed E-state index contributed by atoms with van der Waals surface area (Å²) >= 11 is 0. The van der Waals surface area contributed by atoms with Crippen molar-refractivity contribution < 1.29 is 14.2 Å². The number of halogens is 1. The van der Waals surface area contributed by atoms with Crippen LogP contribution in [0.5, 0.6) is 0 Å². The number of ether oxygens (including phenoxy) is 1. The molecular formula is C12H18FNO2. The largest absolute Gasteiger partial charge is 0.394 e. The smallest absolute Gasteiger partial charge is 0.123 e. The third-order valence-electron chi connectivity index (χ3n) is 2.26. The first-order chi connectivity index (χ1) is 7.59. The first-order valence-electron chi connectivity index (χ1n) is 5.32. The van der Waals surface area contributed by atoms with Crippen molar-refractivity contribution in [3.8, 4) is 0 Å². The van der Waals surface area contributed by atoms with Gasteiger partial charge in [-0.1, -0.05) is 0 Å². The highest BCUT2D eigenvalue weighted by atomic mass is 19.1. The van der Waals surface area contributed by atoms with Gasteiger partial charge in [0.2, 0.25) is 0 Å². The fraction of sp³-hybridized carbons (Fsp3) is 0.500. The summed E-state index contributed by atoms with van der Waals surface area (Å²) in [7, 11) is 0. The predicted molar refractivity (Wildman–Crippen MR) is 62.0 cm³/mol. The summed E-state index contributed by atoms with van der Waals surface area (Å²) < 4.78 is 18.0. The van der Waals surface area contributed by atoms with E-state index in [-0.39, 0.29) is 12.4 Å². The monoisotopic (exact) mass is 227 g/mol. The molecule has 0 aliphatic heterocycles. The Labute approximate surface area is 95.2 Å². The van der Waals surface area contributed by atoms with Gasteiger partial charge in [-0.05, 0) is 38.1 Å². The molecule has 0 aliphatic rings. The number of rotatable bonds is 6. The van der Waals surface area contributed by atoms with Crippen LogP contribution in [0.1, 0.15) is 13.8 Å². The minimum absolute atomic E-state index is 0.0512. The molecule has 1 rings (SSSR count). The Morgan fingerprint density at radius 1 is 1.38 bits per heavy atom. The molecule has 90 valence electrons. The second-order valence-corrected chi connectivity index (χ2v) is 3.99. The minimum Gasteiger partial charge on any atom is -0.394 e. The zero-order valence-electron chi connectivity index (χ0n) is 9.66. The highest BCUT2D eigenvalue weighted by molar-refractivity contribution is 5.45. The SMILES string of the molecule is CCOCC(C)(CO)Nc1ccc(F)cc1. The fourth-order valence-corrected chi connectivity index (χ4v) is 1.33. The summed E-state index contributed by atoms with van der Waals surface area (Å²) in [5.74, 6) is -0.277. The molecule has 2 N–H and O–H groups in total. The summed E-state index contributed by atoms with van der Waals surface area (Å²) in [6.45, 7) is 4.70. The number of aliphatic hydroxyl groups is 1. The van der Waals surface area contributed by atoms with Crippen molar-refractivity contribution in [3.05, 3.63) is 30.1 Å². The zero-order valence-corrected chi connectivity index (χ0v) is 9.66. The molecule has 4 heteroatoms. The molecule has 0 saturated carbocycles. The summed E-state index contributed by atoms with van der Waals surface area (Å²) in [6, 6.07) is 6.02. The molecule has 1 atom stereocenters. The number of aliphatic hydroxyl groups excluding tert-OH is 1. The zero-order chi connectivity index (χ0) is 12.0. The molecule has 1 unspecified atom stereocenters. The Balaban J connectivity index is 2.64. The topological polar surface area (TPSA) is 41.5 Å². The summed E-state index contributed by atoms with van der Waals surface area (Å²) in [4.78, 5) is 0. The van der Waals surface area contributed by atoms with Gasteiger partial charge in [-0.3, -0.25) is 0 Å². The number of anilines is 1. The molecule has 0 fully saturated rings. The van der Waals surface area contributed by atoms with Crippen LogP contribution in [0, 0.1) is 5.82 Å². The van der Waals surface area contributed by atoms with Gasteiger partial charge in [-0.25, -0.2) is 4.39 Å². The lowest BCUT2D eigenvalue weighted by Crippen LogP contribution is -2.43. The van der Waals surface area contributed by atoms with E-state index in [1.807, 2.05) is 13.8 Å². The average Bonchev–Trinajstić information content (AvgIpc) is 2.30. The van der Waals surface area contributed by atoms with Crippen LogP contribution in [0.4, 0.5) is 10.1 Å². The third kappa shape index (κ3) is 3.79. The van der Waals surface area contributed by atoms with Gasteiger partial charge in [0.1, 0.15) is 5.82 Å². The average molecular weight is 227 g/mol. The van der Waals surface area contributed by atoms with E-state index in [1.54, 1.807) is 12.1 Å². The molecule has 0 aromatic heterocycles. The molecule has 0 bridgehead atoms. The molecule has 3 nitrogen and oxygen atoms in total. The maximum Gasteiger partial charge on any atom is 0.123 e. The van der Waals surface area contributed by atoms with Crippen molar-refractivity contribution in [2.75, 3.05) is 25.1 Å². The minimum atomic E-state index is -0.548. The Kier molecular flexibility index (Phi) is 4.71. The second kappa shape index (κ2) is 5.82. The van der Waals surface area contributed by atoms with Gasteiger partial charge < -0.3 is 15.2 Å². The molecule has 0 radical (unpaired) electrons. The van der Waals surface area contributed by atoms with Crippen molar-refractivity contribution in [2.45, 2.75) is 19.4 Å². The first kappa shape index (κ1) is 12.9. The van der Waals surface area contributed by atoms with E-state index in [0.717, 1.165) is 5.69 Å². The van der Waals surface area contributed by atoms with E-state index < -0.39 is 5.54 Å². The van der Waals surface area contributed by atoms with Crippen LogP contribution in [0.2, 0.25) is 0 Å². The molecule has 0 saturated heterocycles. The Morgan fingerprint density at radius 3 is 2.50 bits per heavy atom. The van der Waals surface area contributed by atoms with Gasteiger partial charge >= 0.3 is 0 Å². The van der Waals surface area contributed by atoms with E-state index in [4.69, 9.17) is 4.74 Å². The van der Waals surface area contributed by atoms with Crippen molar-refractivity contribution in [2.24, 2.45) is 0 Å². The van der Waals surface area contributed by atoms with Gasteiger partial charge in [0.05, 0.1) is 18.8 Å². The molecule has 1 aromatic carbocycles. The third-order valence-corrected chi connectivity index (χ3v) is 2.26. The van der Waals surface area contributed by atoms with Crippen LogP contribution in [-0.4, -0.2) is 30.5 Å². The van der Waals surface area contributed by atoms with Crippen LogP contribution in [0.3, 0.4) is 0 Å². The Morgan fingerprint density at radius 2 is 2.00 bits per heavy atom. The molecular weight excluding hydrogens is 209 g/mol. The fourth-order valence-electron chi connectivity index (χ4n) is 1.33. The number of hydrogen-bond acceptors (Lipinski definition) is 3. The maximum absolute atomic E-state index is 12.7. The number of nitrogens with one attached hydrogen (secondary N) is 1. The number of hydrogen-bond donors (Lipinski definition) is 2. The second-order valence-electron chi connectivity index (χ2n) is 3.99. The van der Waals surface area contributed by atoms with Gasteiger partial charge in [-0.15, -0.1) is 0 Å². The summed E-state index contributed by atoms with van der Waals surface area (Å²) in [5, 5.41) is 12.4. The summed E-state index contributed by atoms with van der Waals surface area (Å²) in [5.41, 5.74) is 0.214.